The van der Waals surface area contributed by atoms with E-state index in [1.165, 1.54) is 0 Å². The summed E-state index contributed by atoms with van der Waals surface area (Å²) in [5, 5.41) is 3.43. The predicted octanol–water partition coefficient (Wildman–Crippen LogP) is 1.86. The monoisotopic (exact) mass is 283 g/mol. The quantitative estimate of drug-likeness (QED) is 0.854. The molecule has 1 aromatic heterocycles. The lowest BCUT2D eigenvalue weighted by atomic mass is 10.1. The van der Waals surface area contributed by atoms with Gasteiger partial charge in [-0.25, -0.2) is 4.98 Å². The normalized spacial score (nSPS) is 27.2. The smallest absolute Gasteiger partial charge is 0.152 e. The highest BCUT2D eigenvalue weighted by atomic mass is 79.9. The van der Waals surface area contributed by atoms with Gasteiger partial charge in [-0.1, -0.05) is 0 Å². The van der Waals surface area contributed by atoms with Crippen LogP contribution in [0.2, 0.25) is 0 Å². The summed E-state index contributed by atoms with van der Waals surface area (Å²) >= 11 is 3.44. The van der Waals surface area contributed by atoms with E-state index in [-0.39, 0.29) is 0 Å². The number of rotatable bonds is 1. The maximum Gasteiger partial charge on any atom is 0.152 e. The van der Waals surface area contributed by atoms with Crippen LogP contribution in [0.3, 0.4) is 0 Å². The van der Waals surface area contributed by atoms with E-state index >= 15 is 0 Å². The van der Waals surface area contributed by atoms with Gasteiger partial charge in [-0.3, -0.25) is 0 Å². The molecule has 1 N–H and O–H groups in total. The molecule has 0 spiro atoms. The first-order valence-corrected chi connectivity index (χ1v) is 6.26. The molecule has 86 valence electrons. The van der Waals surface area contributed by atoms with Crippen LogP contribution in [0, 0.1) is 0 Å². The summed E-state index contributed by atoms with van der Waals surface area (Å²) < 4.78 is 6.45. The van der Waals surface area contributed by atoms with Crippen LogP contribution in [0.4, 0.5) is 11.5 Å². The van der Waals surface area contributed by atoms with Gasteiger partial charge < -0.3 is 15.0 Å². The molecule has 3 heterocycles. The standard InChI is InChI=1S/C11H14BrN3O/c1-16-9-3-8-5-13-10-2-7(12)4-14-11(10)15(8)6-9/h2,4,8-9,13H,3,5-6H2,1H3. The number of hydrogen-bond donors (Lipinski definition) is 1. The van der Waals surface area contributed by atoms with Crippen LogP contribution in [0.25, 0.3) is 0 Å². The maximum absolute atomic E-state index is 5.44. The van der Waals surface area contributed by atoms with E-state index in [0.717, 1.165) is 35.5 Å². The van der Waals surface area contributed by atoms with E-state index in [0.29, 0.717) is 12.1 Å². The van der Waals surface area contributed by atoms with Gasteiger partial charge in [0.15, 0.2) is 5.82 Å². The number of methoxy groups -OCH3 is 1. The van der Waals surface area contributed by atoms with Crippen molar-refractivity contribution in [3.05, 3.63) is 16.7 Å². The molecule has 2 aliphatic rings. The fourth-order valence-corrected chi connectivity index (χ4v) is 2.85. The van der Waals surface area contributed by atoms with Gasteiger partial charge in [0.1, 0.15) is 0 Å². The number of anilines is 2. The molecule has 1 fully saturated rings. The Balaban J connectivity index is 1.94. The first kappa shape index (κ1) is 10.4. The van der Waals surface area contributed by atoms with Gasteiger partial charge in [0.05, 0.1) is 17.8 Å². The highest BCUT2D eigenvalue weighted by Gasteiger charge is 2.36. The number of nitrogens with one attached hydrogen (secondary N) is 1. The van der Waals surface area contributed by atoms with Crippen molar-refractivity contribution in [1.29, 1.82) is 0 Å². The lowest BCUT2D eigenvalue weighted by Crippen LogP contribution is -2.40. The predicted molar refractivity (Wildman–Crippen MR) is 67.0 cm³/mol. The van der Waals surface area contributed by atoms with E-state index in [2.05, 4.69) is 37.2 Å². The van der Waals surface area contributed by atoms with Crippen molar-refractivity contribution in [2.75, 3.05) is 30.4 Å². The Labute approximate surface area is 103 Å². The van der Waals surface area contributed by atoms with Crippen molar-refractivity contribution in [3.63, 3.8) is 0 Å². The van der Waals surface area contributed by atoms with E-state index < -0.39 is 0 Å². The molecule has 2 atom stereocenters. The van der Waals surface area contributed by atoms with E-state index in [4.69, 9.17) is 4.74 Å². The zero-order chi connectivity index (χ0) is 11.1. The van der Waals surface area contributed by atoms with Gasteiger partial charge in [0.2, 0.25) is 0 Å². The average Bonchev–Trinajstić information content (AvgIpc) is 2.71. The summed E-state index contributed by atoms with van der Waals surface area (Å²) in [7, 11) is 1.78. The fraction of sp³-hybridized carbons (Fsp3) is 0.545. The Hall–Kier alpha value is -0.810. The van der Waals surface area contributed by atoms with Gasteiger partial charge in [0.25, 0.3) is 0 Å². The third-order valence-electron chi connectivity index (χ3n) is 3.34. The molecule has 2 unspecified atom stereocenters. The van der Waals surface area contributed by atoms with Crippen molar-refractivity contribution in [3.8, 4) is 0 Å². The third-order valence-corrected chi connectivity index (χ3v) is 3.78. The molecule has 0 amide bonds. The number of aromatic nitrogens is 1. The second-order valence-corrected chi connectivity index (χ2v) is 5.22. The molecule has 4 nitrogen and oxygen atoms in total. The number of fused-ring (bicyclic) bond motifs is 3. The van der Waals surface area contributed by atoms with Crippen molar-refractivity contribution < 1.29 is 4.74 Å². The molecule has 5 heteroatoms. The fourth-order valence-electron chi connectivity index (χ4n) is 2.52. The van der Waals surface area contributed by atoms with Crippen LogP contribution in [-0.2, 0) is 4.74 Å². The van der Waals surface area contributed by atoms with Gasteiger partial charge >= 0.3 is 0 Å². The molecular weight excluding hydrogens is 270 g/mol. The summed E-state index contributed by atoms with van der Waals surface area (Å²) in [5.41, 5.74) is 1.11. The summed E-state index contributed by atoms with van der Waals surface area (Å²) in [6.07, 6.45) is 3.27. The molecule has 0 aromatic carbocycles. The first-order chi connectivity index (χ1) is 7.78. The summed E-state index contributed by atoms with van der Waals surface area (Å²) in [6.45, 7) is 1.93. The van der Waals surface area contributed by atoms with Gasteiger partial charge in [0, 0.05) is 30.9 Å². The van der Waals surface area contributed by atoms with Crippen molar-refractivity contribution in [2.24, 2.45) is 0 Å². The number of hydrogen-bond acceptors (Lipinski definition) is 4. The third kappa shape index (κ3) is 1.58. The van der Waals surface area contributed by atoms with E-state index in [9.17, 15) is 0 Å². The molecule has 2 aliphatic heterocycles. The van der Waals surface area contributed by atoms with Crippen LogP contribution in [0.1, 0.15) is 6.42 Å². The second-order valence-electron chi connectivity index (χ2n) is 4.31. The Morgan fingerprint density at radius 2 is 2.50 bits per heavy atom. The zero-order valence-corrected chi connectivity index (χ0v) is 10.7. The number of ether oxygens (including phenoxy) is 1. The van der Waals surface area contributed by atoms with Crippen LogP contribution >= 0.6 is 15.9 Å². The van der Waals surface area contributed by atoms with Crippen LogP contribution in [-0.4, -0.2) is 37.3 Å². The summed E-state index contributed by atoms with van der Waals surface area (Å²) in [6, 6.07) is 2.60. The molecule has 16 heavy (non-hydrogen) atoms. The molecular formula is C11H14BrN3O. The SMILES string of the molecule is COC1CC2CNc3cc(Br)cnc3N2C1. The Morgan fingerprint density at radius 3 is 3.31 bits per heavy atom. The largest absolute Gasteiger partial charge is 0.380 e. The van der Waals surface area contributed by atoms with Gasteiger partial charge in [-0.05, 0) is 28.4 Å². The molecule has 1 saturated heterocycles. The van der Waals surface area contributed by atoms with Crippen LogP contribution in [0.15, 0.2) is 16.7 Å². The Bertz CT molecular complexity index is 412. The minimum atomic E-state index is 0.336. The Morgan fingerprint density at radius 1 is 1.62 bits per heavy atom. The minimum Gasteiger partial charge on any atom is -0.380 e. The van der Waals surface area contributed by atoms with Crippen LogP contribution in [0.5, 0.6) is 0 Å². The molecule has 0 radical (unpaired) electrons. The van der Waals surface area contributed by atoms with E-state index in [1.54, 1.807) is 7.11 Å². The Kier molecular flexibility index (Phi) is 2.52. The molecule has 0 saturated carbocycles. The lowest BCUT2D eigenvalue weighted by molar-refractivity contribution is 0.118. The molecule has 1 aromatic rings. The topological polar surface area (TPSA) is 37.4 Å². The molecule has 3 rings (SSSR count). The summed E-state index contributed by atoms with van der Waals surface area (Å²) in [5.74, 6) is 1.05. The lowest BCUT2D eigenvalue weighted by Gasteiger charge is -2.32. The maximum atomic E-state index is 5.44. The average molecular weight is 284 g/mol. The van der Waals surface area contributed by atoms with Crippen LogP contribution < -0.4 is 10.2 Å². The van der Waals surface area contributed by atoms with Crippen molar-refractivity contribution >= 4 is 27.4 Å². The van der Waals surface area contributed by atoms with Crippen molar-refractivity contribution in [1.82, 2.24) is 4.98 Å². The summed E-state index contributed by atoms with van der Waals surface area (Å²) in [4.78, 5) is 6.84. The van der Waals surface area contributed by atoms with Crippen molar-refractivity contribution in [2.45, 2.75) is 18.6 Å². The minimum absolute atomic E-state index is 0.336. The molecule has 0 aliphatic carbocycles. The van der Waals surface area contributed by atoms with Gasteiger partial charge in [-0.2, -0.15) is 0 Å². The number of nitrogens with zero attached hydrogens (tertiary/aromatic N) is 2. The highest BCUT2D eigenvalue weighted by Crippen LogP contribution is 2.36. The van der Waals surface area contributed by atoms with Gasteiger partial charge in [-0.15, -0.1) is 0 Å². The van der Waals surface area contributed by atoms with E-state index in [1.807, 2.05) is 6.20 Å². The first-order valence-electron chi connectivity index (χ1n) is 5.47. The zero-order valence-electron chi connectivity index (χ0n) is 9.11. The number of pyridine rings is 1. The highest BCUT2D eigenvalue weighted by molar-refractivity contribution is 9.10. The second kappa shape index (κ2) is 3.89. The number of halogens is 1. The molecule has 0 bridgehead atoms.